The van der Waals surface area contributed by atoms with E-state index >= 15 is 0 Å². The highest BCUT2D eigenvalue weighted by molar-refractivity contribution is 6.19. The maximum atomic E-state index is 5.74. The molecule has 0 fully saturated rings. The Labute approximate surface area is 67.6 Å². The quantitative estimate of drug-likeness (QED) is 0.512. The van der Waals surface area contributed by atoms with Gasteiger partial charge in [-0.05, 0) is 32.3 Å². The van der Waals surface area contributed by atoms with Gasteiger partial charge in [-0.3, -0.25) is 0 Å². The lowest BCUT2D eigenvalue weighted by atomic mass is 9.95. The molecule has 10 heavy (non-hydrogen) atoms. The summed E-state index contributed by atoms with van der Waals surface area (Å²) >= 11 is 5.74. The molecular formula is C9H13Cl. The number of rotatable bonds is 1. The molecule has 0 radical (unpaired) electrons. The molecule has 0 nitrogen and oxygen atoms in total. The van der Waals surface area contributed by atoms with E-state index in [1.165, 1.54) is 29.6 Å². The SMILES string of the molecule is CC1=CC(CCl)=C(C)CC1. The predicted molar refractivity (Wildman–Crippen MR) is 46.4 cm³/mol. The molecule has 0 aromatic rings. The predicted octanol–water partition coefficient (Wildman–Crippen LogP) is 3.28. The van der Waals surface area contributed by atoms with E-state index in [0.717, 1.165) is 0 Å². The zero-order valence-electron chi connectivity index (χ0n) is 6.58. The zero-order valence-corrected chi connectivity index (χ0v) is 7.33. The minimum atomic E-state index is 0.670. The summed E-state index contributed by atoms with van der Waals surface area (Å²) in [6.07, 6.45) is 4.63. The summed E-state index contributed by atoms with van der Waals surface area (Å²) in [7, 11) is 0. The monoisotopic (exact) mass is 156 g/mol. The van der Waals surface area contributed by atoms with Gasteiger partial charge in [0.15, 0.2) is 0 Å². The first kappa shape index (κ1) is 7.87. The van der Waals surface area contributed by atoms with Gasteiger partial charge in [-0.25, -0.2) is 0 Å². The van der Waals surface area contributed by atoms with Gasteiger partial charge in [0, 0.05) is 5.88 Å². The topological polar surface area (TPSA) is 0 Å². The first-order valence-corrected chi connectivity index (χ1v) is 4.19. The van der Waals surface area contributed by atoms with E-state index in [1.807, 2.05) is 0 Å². The van der Waals surface area contributed by atoms with Gasteiger partial charge in [-0.1, -0.05) is 17.2 Å². The second kappa shape index (κ2) is 3.25. The van der Waals surface area contributed by atoms with Crippen molar-refractivity contribution >= 4 is 11.6 Å². The molecule has 0 heterocycles. The van der Waals surface area contributed by atoms with Gasteiger partial charge in [-0.15, -0.1) is 11.6 Å². The summed E-state index contributed by atoms with van der Waals surface area (Å²) in [6, 6.07) is 0. The molecule has 0 saturated heterocycles. The van der Waals surface area contributed by atoms with Crippen LogP contribution in [0.3, 0.4) is 0 Å². The molecule has 1 aliphatic carbocycles. The first-order chi connectivity index (χ1) is 4.74. The standard InChI is InChI=1S/C9H13Cl/c1-7-3-4-8(2)9(5-7)6-10/h5H,3-4,6H2,1-2H3. The lowest BCUT2D eigenvalue weighted by molar-refractivity contribution is 0.888. The Bertz CT molecular complexity index is 187. The third-order valence-electron chi connectivity index (χ3n) is 2.01. The molecular weight excluding hydrogens is 144 g/mol. The van der Waals surface area contributed by atoms with Crippen LogP contribution in [0.25, 0.3) is 0 Å². The van der Waals surface area contributed by atoms with Crippen LogP contribution in [0.15, 0.2) is 22.8 Å². The molecule has 0 N–H and O–H groups in total. The van der Waals surface area contributed by atoms with Crippen molar-refractivity contribution < 1.29 is 0 Å². The average molecular weight is 157 g/mol. The van der Waals surface area contributed by atoms with Crippen LogP contribution in [0, 0.1) is 0 Å². The molecule has 1 rings (SSSR count). The summed E-state index contributed by atoms with van der Waals surface area (Å²) in [5.74, 6) is 0.670. The van der Waals surface area contributed by atoms with Crippen LogP contribution in [0.4, 0.5) is 0 Å². The van der Waals surface area contributed by atoms with Gasteiger partial charge in [-0.2, -0.15) is 0 Å². The highest BCUT2D eigenvalue weighted by Crippen LogP contribution is 2.23. The van der Waals surface area contributed by atoms with Gasteiger partial charge >= 0.3 is 0 Å². The molecule has 1 heteroatoms. The second-order valence-corrected chi connectivity index (χ2v) is 3.20. The largest absolute Gasteiger partial charge is 0.122 e. The van der Waals surface area contributed by atoms with E-state index in [2.05, 4.69) is 19.9 Å². The van der Waals surface area contributed by atoms with Gasteiger partial charge in [0.1, 0.15) is 0 Å². The van der Waals surface area contributed by atoms with Crippen molar-refractivity contribution in [2.45, 2.75) is 26.7 Å². The Kier molecular flexibility index (Phi) is 2.56. The van der Waals surface area contributed by atoms with Crippen molar-refractivity contribution in [3.8, 4) is 0 Å². The zero-order chi connectivity index (χ0) is 7.56. The number of allylic oxidation sites excluding steroid dienone is 4. The van der Waals surface area contributed by atoms with E-state index in [4.69, 9.17) is 11.6 Å². The van der Waals surface area contributed by atoms with E-state index in [1.54, 1.807) is 0 Å². The molecule has 1 aliphatic rings. The molecule has 0 saturated carbocycles. The molecule has 0 aromatic carbocycles. The number of alkyl halides is 1. The number of halogens is 1. The Morgan fingerprint density at radius 1 is 1.40 bits per heavy atom. The van der Waals surface area contributed by atoms with Crippen molar-refractivity contribution in [3.63, 3.8) is 0 Å². The second-order valence-electron chi connectivity index (χ2n) is 2.93. The molecule has 0 atom stereocenters. The molecule has 0 spiro atoms. The van der Waals surface area contributed by atoms with Crippen molar-refractivity contribution in [2.75, 3.05) is 5.88 Å². The molecule has 0 bridgehead atoms. The van der Waals surface area contributed by atoms with Crippen molar-refractivity contribution in [1.82, 2.24) is 0 Å². The Hall–Kier alpha value is -0.230. The van der Waals surface area contributed by atoms with Crippen LogP contribution < -0.4 is 0 Å². The molecule has 0 aliphatic heterocycles. The molecule has 0 amide bonds. The minimum absolute atomic E-state index is 0.670. The van der Waals surface area contributed by atoms with Crippen LogP contribution in [0.2, 0.25) is 0 Å². The summed E-state index contributed by atoms with van der Waals surface area (Å²) in [6.45, 7) is 4.33. The van der Waals surface area contributed by atoms with Crippen molar-refractivity contribution in [1.29, 1.82) is 0 Å². The van der Waals surface area contributed by atoms with E-state index in [9.17, 15) is 0 Å². The minimum Gasteiger partial charge on any atom is -0.122 e. The smallest absolute Gasteiger partial charge is 0.0473 e. The van der Waals surface area contributed by atoms with Crippen LogP contribution in [0.5, 0.6) is 0 Å². The van der Waals surface area contributed by atoms with Crippen LogP contribution >= 0.6 is 11.6 Å². The normalized spacial score (nSPS) is 19.3. The van der Waals surface area contributed by atoms with Gasteiger partial charge in [0.25, 0.3) is 0 Å². The maximum Gasteiger partial charge on any atom is 0.0473 e. The van der Waals surface area contributed by atoms with E-state index in [0.29, 0.717) is 5.88 Å². The van der Waals surface area contributed by atoms with Crippen LogP contribution in [-0.2, 0) is 0 Å². The fourth-order valence-electron chi connectivity index (χ4n) is 1.19. The Morgan fingerprint density at radius 2 is 2.10 bits per heavy atom. The van der Waals surface area contributed by atoms with Crippen molar-refractivity contribution in [2.24, 2.45) is 0 Å². The Balaban J connectivity index is 2.82. The molecule has 0 unspecified atom stereocenters. The molecule has 56 valence electrons. The van der Waals surface area contributed by atoms with Crippen molar-refractivity contribution in [3.05, 3.63) is 22.8 Å². The van der Waals surface area contributed by atoms with E-state index in [-0.39, 0.29) is 0 Å². The average Bonchev–Trinajstić information content (AvgIpc) is 1.94. The van der Waals surface area contributed by atoms with Gasteiger partial charge < -0.3 is 0 Å². The van der Waals surface area contributed by atoms with Gasteiger partial charge in [0.05, 0.1) is 0 Å². The first-order valence-electron chi connectivity index (χ1n) is 3.66. The lowest BCUT2D eigenvalue weighted by Crippen LogP contribution is -1.95. The highest BCUT2D eigenvalue weighted by Gasteiger charge is 2.05. The number of hydrogen-bond donors (Lipinski definition) is 0. The lowest BCUT2D eigenvalue weighted by Gasteiger charge is -2.13. The highest BCUT2D eigenvalue weighted by atomic mass is 35.5. The summed E-state index contributed by atoms with van der Waals surface area (Å²) in [5, 5.41) is 0. The third kappa shape index (κ3) is 1.63. The maximum absolute atomic E-state index is 5.74. The summed E-state index contributed by atoms with van der Waals surface area (Å²) in [5.41, 5.74) is 4.24. The van der Waals surface area contributed by atoms with Gasteiger partial charge in [0.2, 0.25) is 0 Å². The summed E-state index contributed by atoms with van der Waals surface area (Å²) < 4.78 is 0. The Morgan fingerprint density at radius 3 is 2.60 bits per heavy atom. The fourth-order valence-corrected chi connectivity index (χ4v) is 1.50. The summed E-state index contributed by atoms with van der Waals surface area (Å²) in [4.78, 5) is 0. The van der Waals surface area contributed by atoms with Crippen LogP contribution in [0.1, 0.15) is 26.7 Å². The number of hydrogen-bond acceptors (Lipinski definition) is 0. The van der Waals surface area contributed by atoms with E-state index < -0.39 is 0 Å². The fraction of sp³-hybridized carbons (Fsp3) is 0.556. The van der Waals surface area contributed by atoms with Crippen LogP contribution in [-0.4, -0.2) is 5.88 Å². The molecule has 0 aromatic heterocycles. The third-order valence-corrected chi connectivity index (χ3v) is 2.30.